The van der Waals surface area contributed by atoms with Crippen LogP contribution in [-0.2, 0) is 9.47 Å². The van der Waals surface area contributed by atoms with Gasteiger partial charge < -0.3 is 50.0 Å². The minimum atomic E-state index is -1.45. The van der Waals surface area contributed by atoms with Crippen molar-refractivity contribution in [1.29, 1.82) is 0 Å². The number of phenols is 4. The molecule has 0 spiro atoms. The van der Waals surface area contributed by atoms with Crippen molar-refractivity contribution in [2.45, 2.75) is 30.7 Å². The normalized spacial score (nSPS) is 27.8. The maximum atomic E-state index is 10.2. The second kappa shape index (κ2) is 7.58. The zero-order valence-electron chi connectivity index (χ0n) is 15.5. The first-order valence-electron chi connectivity index (χ1n) is 9.08. The van der Waals surface area contributed by atoms with E-state index in [0.29, 0.717) is 5.56 Å². The van der Waals surface area contributed by atoms with E-state index in [1.165, 1.54) is 30.3 Å². The molecule has 2 aromatic carbocycles. The first-order valence-corrected chi connectivity index (χ1v) is 9.08. The predicted octanol–water partition coefficient (Wildman–Crippen LogP) is 0.302. The lowest BCUT2D eigenvalue weighted by molar-refractivity contribution is -0.165. The fourth-order valence-corrected chi connectivity index (χ4v) is 3.43. The maximum absolute atomic E-state index is 10.2. The summed E-state index contributed by atoms with van der Waals surface area (Å²) in [6.45, 7) is -0.528. The summed E-state index contributed by atoms with van der Waals surface area (Å²) in [7, 11) is 0. The molecule has 1 saturated heterocycles. The molecule has 30 heavy (non-hydrogen) atoms. The molecular weight excluding hydrogens is 400 g/mol. The number of aliphatic hydroxyl groups is 4. The molecule has 0 amide bonds. The van der Waals surface area contributed by atoms with Crippen LogP contribution in [0.5, 0.6) is 28.7 Å². The van der Waals surface area contributed by atoms with Gasteiger partial charge in [-0.25, -0.2) is 0 Å². The summed E-state index contributed by atoms with van der Waals surface area (Å²) < 4.78 is 15.6. The minimum Gasteiger partial charge on any atom is -0.571 e. The van der Waals surface area contributed by atoms with Crippen LogP contribution in [0.15, 0.2) is 36.1 Å². The molecule has 0 bridgehead atoms. The lowest BCUT2D eigenvalue weighted by Crippen LogP contribution is -2.35. The Hall–Kier alpha value is -3.18. The van der Waals surface area contributed by atoms with Crippen LogP contribution >= 0.6 is 0 Å². The highest BCUT2D eigenvalue weighted by atomic mass is 16.7. The molecule has 5 atom stereocenters. The Labute approximate surface area is 170 Å². The van der Waals surface area contributed by atoms with E-state index in [4.69, 9.17) is 9.47 Å². The average Bonchev–Trinajstić information content (AvgIpc) is 2.98. The molecular formula is C20H21O10+. The van der Waals surface area contributed by atoms with E-state index in [0.717, 1.165) is 6.07 Å². The van der Waals surface area contributed by atoms with Crippen LogP contribution < -0.4 is 0 Å². The van der Waals surface area contributed by atoms with Crippen LogP contribution in [0.4, 0.5) is 0 Å². The van der Waals surface area contributed by atoms with Crippen molar-refractivity contribution in [1.82, 2.24) is 0 Å². The molecule has 10 nitrogen and oxygen atoms in total. The lowest BCUT2D eigenvalue weighted by Gasteiger charge is -2.28. The van der Waals surface area contributed by atoms with Crippen LogP contribution in [-0.4, -0.2) is 71.7 Å². The number of aliphatic hydroxyl groups excluding tert-OH is 3. The van der Waals surface area contributed by atoms with Gasteiger partial charge in [0.25, 0.3) is 11.9 Å². The van der Waals surface area contributed by atoms with Crippen LogP contribution in [0.1, 0.15) is 17.2 Å². The molecule has 1 fully saturated rings. The zero-order chi connectivity index (χ0) is 21.6. The summed E-state index contributed by atoms with van der Waals surface area (Å²) in [5.41, 5.74) is 0.644. The Morgan fingerprint density at radius 1 is 0.933 bits per heavy atom. The number of benzene rings is 2. The number of fused-ring (bicyclic) bond motifs is 1. The van der Waals surface area contributed by atoms with Gasteiger partial charge in [0.2, 0.25) is 6.29 Å². The quantitative estimate of drug-likeness (QED) is 0.271. The Kier molecular flexibility index (Phi) is 5.08. The summed E-state index contributed by atoms with van der Waals surface area (Å²) in [5.74, 6) is -0.840. The molecule has 160 valence electrons. The molecule has 2 aromatic rings. The molecule has 4 rings (SSSR count). The van der Waals surface area contributed by atoms with E-state index in [1.807, 2.05) is 0 Å². The van der Waals surface area contributed by atoms with Gasteiger partial charge in [-0.05, 0) is 18.2 Å². The van der Waals surface area contributed by atoms with Gasteiger partial charge in [-0.2, -0.15) is 0 Å². The Balaban J connectivity index is 1.74. The highest BCUT2D eigenvalue weighted by molar-refractivity contribution is 5.69. The standard InChI is InChI=1S/C20H20O10/c21-7-16-17(26)18(27)20(30-16)29-15-6-10-12(24)4-9(22)5-14(10)28-19(15)8-1-2-11(23)13(25)3-8/h1-6,16-27H,7H2/p+1/t16-,17+,18-,19?,20-/m1/s1. The highest BCUT2D eigenvalue weighted by Crippen LogP contribution is 2.46. The second-order valence-electron chi connectivity index (χ2n) is 7.05. The van der Waals surface area contributed by atoms with Crippen molar-refractivity contribution in [3.05, 3.63) is 47.2 Å². The van der Waals surface area contributed by atoms with E-state index >= 15 is 0 Å². The molecule has 2 heterocycles. The summed E-state index contributed by atoms with van der Waals surface area (Å²) in [4.78, 5) is 0. The summed E-state index contributed by atoms with van der Waals surface area (Å²) >= 11 is 0. The number of phenolic OH excluding ortho intramolecular Hbond substituents is 4. The van der Waals surface area contributed by atoms with E-state index in [-0.39, 0.29) is 40.1 Å². The predicted molar refractivity (Wildman–Crippen MR) is 101 cm³/mol. The topological polar surface area (TPSA) is 173 Å². The average molecular weight is 421 g/mol. The third-order valence-electron chi connectivity index (χ3n) is 5.01. The molecule has 0 aromatic heterocycles. The molecule has 2 aliphatic heterocycles. The molecule has 10 heteroatoms. The van der Waals surface area contributed by atoms with Gasteiger partial charge in [0.1, 0.15) is 35.4 Å². The van der Waals surface area contributed by atoms with E-state index in [9.17, 15) is 35.7 Å². The number of rotatable bonds is 4. The maximum Gasteiger partial charge on any atom is 0.270 e. The Morgan fingerprint density at radius 3 is 2.37 bits per heavy atom. The van der Waals surface area contributed by atoms with Crippen LogP contribution in [0.3, 0.4) is 0 Å². The number of hydrogen-bond donors (Lipinski definition) is 7. The largest absolute Gasteiger partial charge is 0.571 e. The van der Waals surface area contributed by atoms with E-state index in [1.54, 1.807) is 0 Å². The van der Waals surface area contributed by atoms with Gasteiger partial charge in [-0.3, -0.25) is 0 Å². The monoisotopic (exact) mass is 421 g/mol. The number of aromatic hydroxyl groups is 5. The van der Waals surface area contributed by atoms with Crippen LogP contribution in [0.2, 0.25) is 0 Å². The fraction of sp³-hybridized carbons (Fsp3) is 0.300. The van der Waals surface area contributed by atoms with Gasteiger partial charge in [-0.15, -0.1) is 0 Å². The van der Waals surface area contributed by atoms with Crippen LogP contribution in [0, 0.1) is 0 Å². The summed E-state index contributed by atoms with van der Waals surface area (Å²) in [5, 5.41) is 68.8. The summed E-state index contributed by atoms with van der Waals surface area (Å²) in [6, 6.07) is 6.49. The fourth-order valence-electron chi connectivity index (χ4n) is 3.43. The van der Waals surface area contributed by atoms with Gasteiger partial charge in [0, 0.05) is 12.1 Å². The SMILES string of the molecule is OC[C@H]1O[C@@H](OC2=Cc3c(O)cc(O)cc3[OH+]C2c2ccc(O)c(O)c2)[C@H](O)[C@H]1O. The third kappa shape index (κ3) is 3.46. The van der Waals surface area contributed by atoms with Gasteiger partial charge in [0.05, 0.1) is 18.2 Å². The Bertz CT molecular complexity index is 988. The highest BCUT2D eigenvalue weighted by Gasteiger charge is 2.46. The molecule has 2 aliphatic rings. The van der Waals surface area contributed by atoms with E-state index in [2.05, 4.69) is 4.74 Å². The third-order valence-corrected chi connectivity index (χ3v) is 5.01. The van der Waals surface area contributed by atoms with Gasteiger partial charge in [0.15, 0.2) is 17.3 Å². The van der Waals surface area contributed by atoms with Crippen molar-refractivity contribution in [3.63, 3.8) is 0 Å². The number of ether oxygens (including phenoxy) is 3. The first-order chi connectivity index (χ1) is 14.3. The Morgan fingerprint density at radius 2 is 1.70 bits per heavy atom. The lowest BCUT2D eigenvalue weighted by atomic mass is 10.0. The zero-order valence-corrected chi connectivity index (χ0v) is 15.5. The number of hydrogen-bond acceptors (Lipinski definition) is 9. The van der Waals surface area contributed by atoms with Gasteiger partial charge >= 0.3 is 0 Å². The summed E-state index contributed by atoms with van der Waals surface area (Å²) in [6.07, 6.45) is -4.65. The van der Waals surface area contributed by atoms with Crippen molar-refractivity contribution in [2.75, 3.05) is 6.61 Å². The molecule has 0 radical (unpaired) electrons. The van der Waals surface area contributed by atoms with Crippen molar-refractivity contribution in [2.24, 2.45) is 0 Å². The second-order valence-corrected chi connectivity index (χ2v) is 7.05. The first kappa shape index (κ1) is 20.1. The van der Waals surface area contributed by atoms with Crippen molar-refractivity contribution >= 4 is 6.08 Å². The molecule has 0 saturated carbocycles. The van der Waals surface area contributed by atoms with Gasteiger partial charge in [-0.1, -0.05) is 0 Å². The smallest absolute Gasteiger partial charge is 0.270 e. The molecule has 8 N–H and O–H groups in total. The molecule has 1 unspecified atom stereocenters. The molecule has 0 aliphatic carbocycles. The van der Waals surface area contributed by atoms with Crippen LogP contribution in [0.25, 0.3) is 6.08 Å². The van der Waals surface area contributed by atoms with Crippen molar-refractivity contribution < 1.29 is 50.0 Å². The van der Waals surface area contributed by atoms with Crippen molar-refractivity contribution in [3.8, 4) is 28.7 Å². The van der Waals surface area contributed by atoms with E-state index < -0.39 is 37.3 Å². The minimum absolute atomic E-state index is 0.100.